The molecule has 19 heavy (non-hydrogen) atoms. The zero-order valence-electron chi connectivity index (χ0n) is 9.32. The smallest absolute Gasteiger partial charge is 0.278 e. The molecule has 8 nitrogen and oxygen atoms in total. The summed E-state index contributed by atoms with van der Waals surface area (Å²) in [4.78, 5) is 23.6. The molecule has 9 heteroatoms. The van der Waals surface area contributed by atoms with Gasteiger partial charge < -0.3 is 0 Å². The summed E-state index contributed by atoms with van der Waals surface area (Å²) >= 11 is 0.951. The first-order valence-electron chi connectivity index (χ1n) is 5.19. The first-order chi connectivity index (χ1) is 9.25. The van der Waals surface area contributed by atoms with Crippen molar-refractivity contribution in [1.82, 2.24) is 25.0 Å². The Hall–Kier alpha value is -2.68. The van der Waals surface area contributed by atoms with Gasteiger partial charge in [-0.25, -0.2) is 5.10 Å². The summed E-state index contributed by atoms with van der Waals surface area (Å²) in [6.07, 6.45) is 0. The summed E-state index contributed by atoms with van der Waals surface area (Å²) in [7, 11) is 0. The quantitative estimate of drug-likeness (QED) is 0.700. The van der Waals surface area contributed by atoms with Gasteiger partial charge in [-0.2, -0.15) is 5.10 Å². The summed E-state index contributed by atoms with van der Waals surface area (Å²) in [6, 6.07) is 6.73. The van der Waals surface area contributed by atoms with Crippen LogP contribution in [0.3, 0.4) is 0 Å². The van der Waals surface area contributed by atoms with Gasteiger partial charge in [-0.05, 0) is 11.3 Å². The summed E-state index contributed by atoms with van der Waals surface area (Å²) in [6.45, 7) is 0. The number of nitrogens with one attached hydrogen (secondary N) is 2. The van der Waals surface area contributed by atoms with E-state index in [-0.39, 0.29) is 16.4 Å². The van der Waals surface area contributed by atoms with Crippen molar-refractivity contribution in [3.63, 3.8) is 0 Å². The highest BCUT2D eigenvalue weighted by atomic mass is 32.1. The molecule has 0 bridgehead atoms. The Kier molecular flexibility index (Phi) is 2.72. The van der Waals surface area contributed by atoms with E-state index in [9.17, 15) is 9.59 Å². The van der Waals surface area contributed by atoms with Crippen LogP contribution in [0.4, 0.5) is 5.13 Å². The van der Waals surface area contributed by atoms with Crippen LogP contribution in [0.2, 0.25) is 0 Å². The van der Waals surface area contributed by atoms with Crippen LogP contribution in [0.25, 0.3) is 10.8 Å². The average Bonchev–Trinajstić information content (AvgIpc) is 2.92. The van der Waals surface area contributed by atoms with E-state index >= 15 is 0 Å². The van der Waals surface area contributed by atoms with Gasteiger partial charge in [0, 0.05) is 16.9 Å². The fourth-order valence-corrected chi connectivity index (χ4v) is 1.99. The van der Waals surface area contributed by atoms with Crippen molar-refractivity contribution in [3.8, 4) is 0 Å². The number of hydrogen-bond acceptors (Lipinski definition) is 7. The van der Waals surface area contributed by atoms with Crippen molar-refractivity contribution in [1.29, 1.82) is 0 Å². The van der Waals surface area contributed by atoms with Crippen LogP contribution in [-0.2, 0) is 0 Å². The van der Waals surface area contributed by atoms with E-state index in [1.165, 1.54) is 0 Å². The van der Waals surface area contributed by atoms with Crippen LogP contribution >= 0.6 is 11.5 Å². The van der Waals surface area contributed by atoms with Crippen LogP contribution in [-0.4, -0.2) is 30.9 Å². The SMILES string of the molecule is O=C(Nc1nnns1)c1n[nH]c(=O)c2ccccc12. The number of aromatic nitrogens is 5. The Morgan fingerprint density at radius 1 is 1.26 bits per heavy atom. The molecule has 2 aromatic heterocycles. The molecule has 0 radical (unpaired) electrons. The molecule has 0 aliphatic rings. The molecule has 2 N–H and O–H groups in total. The molecular formula is C10H6N6O2S. The molecule has 0 atom stereocenters. The highest BCUT2D eigenvalue weighted by Crippen LogP contribution is 2.14. The molecule has 1 amide bonds. The first-order valence-corrected chi connectivity index (χ1v) is 5.97. The van der Waals surface area contributed by atoms with Crippen molar-refractivity contribution in [2.24, 2.45) is 0 Å². The number of nitrogens with zero attached hydrogens (tertiary/aromatic N) is 4. The van der Waals surface area contributed by atoms with Crippen LogP contribution in [0.1, 0.15) is 10.5 Å². The molecule has 0 saturated heterocycles. The van der Waals surface area contributed by atoms with Gasteiger partial charge in [-0.1, -0.05) is 27.8 Å². The van der Waals surface area contributed by atoms with E-state index in [0.717, 1.165) is 11.5 Å². The van der Waals surface area contributed by atoms with Gasteiger partial charge >= 0.3 is 0 Å². The van der Waals surface area contributed by atoms with Gasteiger partial charge in [0.15, 0.2) is 5.69 Å². The molecule has 0 unspecified atom stereocenters. The Bertz CT molecular complexity index is 797. The van der Waals surface area contributed by atoms with Gasteiger partial charge in [0.1, 0.15) is 0 Å². The molecule has 0 aliphatic heterocycles. The molecule has 3 rings (SSSR count). The van der Waals surface area contributed by atoms with Crippen molar-refractivity contribution in [2.45, 2.75) is 0 Å². The van der Waals surface area contributed by atoms with Crippen molar-refractivity contribution >= 4 is 33.3 Å². The highest BCUT2D eigenvalue weighted by Gasteiger charge is 2.15. The predicted molar refractivity (Wildman–Crippen MR) is 68.0 cm³/mol. The summed E-state index contributed by atoms with van der Waals surface area (Å²) in [5, 5.41) is 16.7. The Labute approximate surface area is 109 Å². The standard InChI is InChI=1S/C10H6N6O2S/c17-8-6-4-2-1-3-5(6)7(12-13-8)9(18)11-10-14-15-16-19-10/h1-4H,(H,13,17)(H,11,14,16,18). The maximum atomic E-state index is 12.1. The number of rotatable bonds is 2. The van der Waals surface area contributed by atoms with Gasteiger partial charge in [0.05, 0.1) is 5.39 Å². The molecule has 0 aliphatic carbocycles. The second-order valence-electron chi connectivity index (χ2n) is 3.57. The number of carbonyl (C=O) groups excluding carboxylic acids is 1. The molecule has 0 spiro atoms. The normalized spacial score (nSPS) is 10.5. The minimum atomic E-state index is -0.481. The minimum Gasteiger partial charge on any atom is -0.294 e. The van der Waals surface area contributed by atoms with Crippen LogP contribution in [0.5, 0.6) is 0 Å². The van der Waals surface area contributed by atoms with Crippen LogP contribution in [0, 0.1) is 0 Å². The Morgan fingerprint density at radius 2 is 2.05 bits per heavy atom. The number of hydrogen-bond donors (Lipinski definition) is 2. The summed E-state index contributed by atoms with van der Waals surface area (Å²) < 4.78 is 3.53. The number of anilines is 1. The minimum absolute atomic E-state index is 0.116. The first kappa shape index (κ1) is 11.4. The predicted octanol–water partition coefficient (Wildman–Crippen LogP) is 0.422. The lowest BCUT2D eigenvalue weighted by molar-refractivity contribution is 0.102. The zero-order chi connectivity index (χ0) is 13.2. The van der Waals surface area contributed by atoms with Gasteiger partial charge in [-0.3, -0.25) is 14.9 Å². The molecule has 0 fully saturated rings. The number of aromatic amines is 1. The van der Waals surface area contributed by atoms with E-state index in [1.807, 2.05) is 0 Å². The molecule has 3 aromatic rings. The molecule has 94 valence electrons. The third kappa shape index (κ3) is 2.06. The van der Waals surface area contributed by atoms with E-state index in [1.54, 1.807) is 24.3 Å². The maximum Gasteiger partial charge on any atom is 0.278 e. The second kappa shape index (κ2) is 4.53. The van der Waals surface area contributed by atoms with Crippen molar-refractivity contribution in [3.05, 3.63) is 40.3 Å². The monoisotopic (exact) mass is 274 g/mol. The Balaban J connectivity index is 2.08. The number of benzene rings is 1. The van der Waals surface area contributed by atoms with Crippen LogP contribution in [0.15, 0.2) is 29.1 Å². The number of fused-ring (bicyclic) bond motifs is 1. The third-order valence-corrected chi connectivity index (χ3v) is 2.94. The van der Waals surface area contributed by atoms with Crippen molar-refractivity contribution < 1.29 is 4.79 Å². The van der Waals surface area contributed by atoms with Gasteiger partial charge in [0.2, 0.25) is 5.13 Å². The fourth-order valence-electron chi connectivity index (χ4n) is 1.63. The highest BCUT2D eigenvalue weighted by molar-refractivity contribution is 7.09. The maximum absolute atomic E-state index is 12.1. The lowest BCUT2D eigenvalue weighted by atomic mass is 10.1. The molecule has 1 aromatic carbocycles. The van der Waals surface area contributed by atoms with E-state index in [2.05, 4.69) is 30.3 Å². The average molecular weight is 274 g/mol. The number of carbonyl (C=O) groups is 1. The van der Waals surface area contributed by atoms with E-state index in [4.69, 9.17) is 0 Å². The zero-order valence-corrected chi connectivity index (χ0v) is 10.1. The molecular weight excluding hydrogens is 268 g/mol. The summed E-state index contributed by atoms with van der Waals surface area (Å²) in [5.74, 6) is -0.481. The van der Waals surface area contributed by atoms with E-state index in [0.29, 0.717) is 10.8 Å². The largest absolute Gasteiger partial charge is 0.294 e. The molecule has 0 saturated carbocycles. The lowest BCUT2D eigenvalue weighted by Gasteiger charge is -2.03. The van der Waals surface area contributed by atoms with Gasteiger partial charge in [0.25, 0.3) is 11.5 Å². The fraction of sp³-hybridized carbons (Fsp3) is 0. The van der Waals surface area contributed by atoms with Crippen molar-refractivity contribution in [2.75, 3.05) is 5.32 Å². The number of amides is 1. The summed E-state index contributed by atoms with van der Waals surface area (Å²) in [5.41, 5.74) is -0.227. The van der Waals surface area contributed by atoms with E-state index < -0.39 is 5.91 Å². The van der Waals surface area contributed by atoms with Crippen LogP contribution < -0.4 is 10.9 Å². The second-order valence-corrected chi connectivity index (χ2v) is 4.30. The lowest BCUT2D eigenvalue weighted by Crippen LogP contribution is -2.19. The topological polar surface area (TPSA) is 114 Å². The Morgan fingerprint density at radius 3 is 2.79 bits per heavy atom. The number of H-pyrrole nitrogens is 1. The third-order valence-electron chi connectivity index (χ3n) is 2.43. The molecule has 2 heterocycles. The van der Waals surface area contributed by atoms with Gasteiger partial charge in [-0.15, -0.1) is 0 Å².